The highest BCUT2D eigenvalue weighted by molar-refractivity contribution is 5.96. The normalized spacial score (nSPS) is 18.1. The molecular formula is C36H48FN7O10. The molecule has 17 nitrogen and oxygen atoms in total. The number of nitrogens with one attached hydrogen (secondary N) is 2. The van der Waals surface area contributed by atoms with E-state index in [2.05, 4.69) is 15.7 Å². The van der Waals surface area contributed by atoms with Crippen LogP contribution in [0.4, 0.5) is 9.18 Å². The van der Waals surface area contributed by atoms with Gasteiger partial charge in [0, 0.05) is 38.2 Å². The standard InChI is InChI=1S/C36H48FN7O10/c1-4-51-36(50)54-42-18-16-41(17-19-42)35(49)27(13-14-32(46)53-23(2)3)39-33(47)28-21-31(44(40-28)26-11-5-8-24(37)20-26)52-22-30(45)43-15-7-12-29(43)34(48)38-25-9-6-10-25/h5,8,11,20-21,23,25,27,29H,4,6-7,9-10,12-19,22H2,1-3H3,(H,38,48)(H,39,47)/t27-,29-/m0/s1. The molecule has 0 bridgehead atoms. The molecule has 4 amide bonds. The molecule has 2 aliphatic heterocycles. The minimum absolute atomic E-state index is 0.0603. The van der Waals surface area contributed by atoms with Crippen LogP contribution in [-0.2, 0) is 33.5 Å². The molecule has 5 rings (SSSR count). The molecule has 0 spiro atoms. The molecule has 1 aromatic heterocycles. The van der Waals surface area contributed by atoms with Crippen LogP contribution in [-0.4, -0.2) is 131 Å². The third-order valence-electron chi connectivity index (χ3n) is 9.26. The Balaban J connectivity index is 1.30. The molecule has 54 heavy (non-hydrogen) atoms. The number of likely N-dealkylation sites (tertiary alicyclic amines) is 1. The highest BCUT2D eigenvalue weighted by atomic mass is 19.1. The Morgan fingerprint density at radius 1 is 0.981 bits per heavy atom. The van der Waals surface area contributed by atoms with Gasteiger partial charge in [-0.1, -0.05) is 6.07 Å². The third kappa shape index (κ3) is 10.7. The molecule has 1 aromatic carbocycles. The maximum atomic E-state index is 14.3. The van der Waals surface area contributed by atoms with Crippen LogP contribution in [0.25, 0.3) is 5.69 Å². The summed E-state index contributed by atoms with van der Waals surface area (Å²) < 4.78 is 31.4. The van der Waals surface area contributed by atoms with Crippen LogP contribution in [0.15, 0.2) is 30.3 Å². The van der Waals surface area contributed by atoms with Crippen molar-refractivity contribution in [2.75, 3.05) is 45.9 Å². The van der Waals surface area contributed by atoms with Gasteiger partial charge in [0.05, 0.1) is 31.5 Å². The van der Waals surface area contributed by atoms with E-state index in [0.717, 1.165) is 23.9 Å². The van der Waals surface area contributed by atoms with Crippen LogP contribution in [0.5, 0.6) is 5.88 Å². The maximum Gasteiger partial charge on any atom is 0.527 e. The first-order chi connectivity index (χ1) is 25.9. The Morgan fingerprint density at radius 2 is 1.74 bits per heavy atom. The van der Waals surface area contributed by atoms with Crippen LogP contribution < -0.4 is 15.4 Å². The van der Waals surface area contributed by atoms with E-state index in [1.54, 1.807) is 20.8 Å². The average molecular weight is 758 g/mol. The van der Waals surface area contributed by atoms with Crippen molar-refractivity contribution >= 4 is 35.8 Å². The van der Waals surface area contributed by atoms with Gasteiger partial charge in [0.1, 0.15) is 17.9 Å². The lowest BCUT2D eigenvalue weighted by molar-refractivity contribution is -0.157. The Hall–Kier alpha value is -5.26. The van der Waals surface area contributed by atoms with E-state index in [9.17, 15) is 33.2 Å². The summed E-state index contributed by atoms with van der Waals surface area (Å²) in [6.07, 6.45) is 2.57. The predicted octanol–water partition coefficient (Wildman–Crippen LogP) is 2.11. The first-order valence-corrected chi connectivity index (χ1v) is 18.4. The Labute approximate surface area is 312 Å². The summed E-state index contributed by atoms with van der Waals surface area (Å²) in [5.74, 6) is -3.11. The van der Waals surface area contributed by atoms with Crippen molar-refractivity contribution in [1.82, 2.24) is 35.3 Å². The topological polar surface area (TPSA) is 191 Å². The number of amides is 4. The Morgan fingerprint density at radius 3 is 2.41 bits per heavy atom. The molecule has 2 aromatic rings. The minimum Gasteiger partial charge on any atom is -0.467 e. The zero-order valence-corrected chi connectivity index (χ0v) is 30.8. The number of hydrogen-bond acceptors (Lipinski definition) is 12. The summed E-state index contributed by atoms with van der Waals surface area (Å²) in [5.41, 5.74) is -0.0155. The van der Waals surface area contributed by atoms with E-state index in [1.807, 2.05) is 0 Å². The number of hydroxylamine groups is 2. The van der Waals surface area contributed by atoms with Gasteiger partial charge >= 0.3 is 12.1 Å². The Kier molecular flexibility index (Phi) is 13.8. The van der Waals surface area contributed by atoms with E-state index < -0.39 is 54.4 Å². The summed E-state index contributed by atoms with van der Waals surface area (Å²) in [7, 11) is 0. The maximum absolute atomic E-state index is 14.3. The van der Waals surface area contributed by atoms with Gasteiger partial charge in [-0.3, -0.25) is 24.0 Å². The highest BCUT2D eigenvalue weighted by Gasteiger charge is 2.36. The van der Waals surface area contributed by atoms with Gasteiger partial charge in [0.25, 0.3) is 11.8 Å². The minimum atomic E-state index is -1.18. The lowest BCUT2D eigenvalue weighted by Gasteiger charge is -2.35. The van der Waals surface area contributed by atoms with E-state index in [4.69, 9.17) is 19.0 Å². The van der Waals surface area contributed by atoms with Crippen molar-refractivity contribution in [2.45, 2.75) is 89.9 Å². The molecule has 0 unspecified atom stereocenters. The predicted molar refractivity (Wildman–Crippen MR) is 188 cm³/mol. The Bertz CT molecular complexity index is 1670. The third-order valence-corrected chi connectivity index (χ3v) is 9.26. The van der Waals surface area contributed by atoms with Crippen molar-refractivity contribution in [3.05, 3.63) is 41.8 Å². The van der Waals surface area contributed by atoms with Gasteiger partial charge < -0.3 is 39.5 Å². The fraction of sp³-hybridized carbons (Fsp3) is 0.583. The summed E-state index contributed by atoms with van der Waals surface area (Å²) in [6.45, 7) is 5.75. The second kappa shape index (κ2) is 18.7. The molecule has 3 aliphatic rings. The van der Waals surface area contributed by atoms with Gasteiger partial charge in [0.15, 0.2) is 12.3 Å². The molecule has 3 heterocycles. The molecule has 18 heteroatoms. The number of ether oxygens (including phenoxy) is 3. The van der Waals surface area contributed by atoms with Gasteiger partial charge in [-0.15, -0.1) is 5.06 Å². The van der Waals surface area contributed by atoms with Crippen molar-refractivity contribution in [1.29, 1.82) is 0 Å². The van der Waals surface area contributed by atoms with E-state index in [-0.39, 0.29) is 80.9 Å². The number of benzene rings is 1. The fourth-order valence-electron chi connectivity index (χ4n) is 6.32. The number of aromatic nitrogens is 2. The lowest BCUT2D eigenvalue weighted by atomic mass is 9.93. The average Bonchev–Trinajstić information content (AvgIpc) is 3.79. The van der Waals surface area contributed by atoms with Crippen molar-refractivity contribution < 1.29 is 52.2 Å². The molecule has 0 radical (unpaired) electrons. The number of carbonyl (C=O) groups excluding carboxylic acids is 6. The SMILES string of the molecule is CCOC(=O)ON1CCN(C(=O)[C@H](CCC(=O)OC(C)C)NC(=O)c2cc(OCC(=O)N3CCC[C@H]3C(=O)NC3CCC3)n(-c3cccc(F)c3)n2)CC1. The molecule has 294 valence electrons. The number of rotatable bonds is 15. The van der Waals surface area contributed by atoms with Crippen LogP contribution >= 0.6 is 0 Å². The number of piperazine rings is 1. The molecule has 2 saturated heterocycles. The molecule has 1 saturated carbocycles. The zero-order chi connectivity index (χ0) is 38.8. The lowest BCUT2D eigenvalue weighted by Crippen LogP contribution is -2.55. The first kappa shape index (κ1) is 39.9. The summed E-state index contributed by atoms with van der Waals surface area (Å²) in [6, 6.07) is 4.97. The van der Waals surface area contributed by atoms with Gasteiger partial charge in [0.2, 0.25) is 17.7 Å². The van der Waals surface area contributed by atoms with Gasteiger partial charge in [-0.25, -0.2) is 13.9 Å². The monoisotopic (exact) mass is 757 g/mol. The van der Waals surface area contributed by atoms with Crippen molar-refractivity contribution in [2.24, 2.45) is 0 Å². The molecule has 1 aliphatic carbocycles. The number of halogens is 1. The van der Waals surface area contributed by atoms with Crippen LogP contribution in [0, 0.1) is 5.82 Å². The van der Waals surface area contributed by atoms with E-state index in [0.29, 0.717) is 19.4 Å². The summed E-state index contributed by atoms with van der Waals surface area (Å²) >= 11 is 0. The van der Waals surface area contributed by atoms with Gasteiger partial charge in [-0.2, -0.15) is 5.10 Å². The summed E-state index contributed by atoms with van der Waals surface area (Å²) in [5, 5.41) is 11.4. The zero-order valence-electron chi connectivity index (χ0n) is 30.8. The van der Waals surface area contributed by atoms with Crippen LogP contribution in [0.2, 0.25) is 0 Å². The molecule has 2 atom stereocenters. The van der Waals surface area contributed by atoms with Crippen LogP contribution in [0.1, 0.15) is 76.2 Å². The number of hydrogen-bond donors (Lipinski definition) is 2. The second-order valence-electron chi connectivity index (χ2n) is 13.6. The quantitative estimate of drug-likeness (QED) is 0.252. The fourth-order valence-corrected chi connectivity index (χ4v) is 6.32. The first-order valence-electron chi connectivity index (χ1n) is 18.4. The molecular weight excluding hydrogens is 709 g/mol. The molecule has 3 fully saturated rings. The second-order valence-corrected chi connectivity index (χ2v) is 13.6. The molecule has 2 N–H and O–H groups in total. The highest BCUT2D eigenvalue weighted by Crippen LogP contribution is 2.24. The van der Waals surface area contributed by atoms with Gasteiger partial charge in [-0.05, 0) is 77.5 Å². The largest absolute Gasteiger partial charge is 0.527 e. The number of esters is 1. The van der Waals surface area contributed by atoms with Crippen molar-refractivity contribution in [3.63, 3.8) is 0 Å². The van der Waals surface area contributed by atoms with Crippen molar-refractivity contribution in [3.8, 4) is 11.6 Å². The smallest absolute Gasteiger partial charge is 0.467 e. The number of carbonyl (C=O) groups is 6. The van der Waals surface area contributed by atoms with E-state index in [1.165, 1.54) is 45.2 Å². The summed E-state index contributed by atoms with van der Waals surface area (Å²) in [4.78, 5) is 86.0. The van der Waals surface area contributed by atoms with E-state index >= 15 is 0 Å². The number of nitrogens with zero attached hydrogens (tertiary/aromatic N) is 5. The van der Waals surface area contributed by atoms with Crippen LogP contribution in [0.3, 0.4) is 0 Å².